The van der Waals surface area contributed by atoms with E-state index in [-0.39, 0.29) is 17.1 Å². The molecule has 2 aromatic rings. The summed E-state index contributed by atoms with van der Waals surface area (Å²) in [4.78, 5) is 8.79. The third-order valence-electron chi connectivity index (χ3n) is 6.91. The SMILES string of the molecule is CCC/C=C/C(=C\N=C(C)C(C)(C)O)C(/C)=C(F)/C=c1/ncc(Cl)c(NCc2cc(C(O)CO)ccc2F)/c1=C\CCC.FCF. The molecule has 1 aromatic carbocycles. The molecule has 2 rings (SSSR count). The van der Waals surface area contributed by atoms with Gasteiger partial charge in [-0.25, -0.2) is 17.6 Å². The summed E-state index contributed by atoms with van der Waals surface area (Å²) in [6.07, 6.45) is 12.1. The van der Waals surface area contributed by atoms with Crippen molar-refractivity contribution in [3.63, 3.8) is 0 Å². The van der Waals surface area contributed by atoms with Crippen LogP contribution >= 0.6 is 11.6 Å². The molecule has 1 unspecified atom stereocenters. The van der Waals surface area contributed by atoms with Crippen LogP contribution in [0.5, 0.6) is 0 Å². The highest BCUT2D eigenvalue weighted by atomic mass is 35.5. The molecule has 1 heterocycles. The number of nitrogens with one attached hydrogen (secondary N) is 1. The van der Waals surface area contributed by atoms with Gasteiger partial charge in [0.25, 0.3) is 0 Å². The predicted molar refractivity (Wildman–Crippen MR) is 181 cm³/mol. The number of anilines is 1. The fourth-order valence-electron chi connectivity index (χ4n) is 3.87. The number of aliphatic hydroxyl groups excluding tert-OH is 2. The second-order valence-corrected chi connectivity index (χ2v) is 11.4. The highest BCUT2D eigenvalue weighted by molar-refractivity contribution is 6.33. The Balaban J connectivity index is 0.00000338. The number of aliphatic imine (C=N–C) groups is 1. The summed E-state index contributed by atoms with van der Waals surface area (Å²) in [5.74, 6) is -1.01. The molecule has 254 valence electrons. The average molecular weight is 668 g/mol. The number of aliphatic hydroxyl groups is 3. The van der Waals surface area contributed by atoms with E-state index >= 15 is 4.39 Å². The number of benzene rings is 1. The second-order valence-electron chi connectivity index (χ2n) is 10.9. The van der Waals surface area contributed by atoms with E-state index < -0.39 is 36.9 Å². The molecule has 0 saturated carbocycles. The first-order valence-corrected chi connectivity index (χ1v) is 15.4. The number of hydrogen-bond donors (Lipinski definition) is 4. The van der Waals surface area contributed by atoms with Crippen LogP contribution in [0.4, 0.5) is 23.2 Å². The van der Waals surface area contributed by atoms with Gasteiger partial charge in [-0.15, -0.1) is 0 Å². The summed E-state index contributed by atoms with van der Waals surface area (Å²) in [5, 5.41) is 33.9. The van der Waals surface area contributed by atoms with Crippen LogP contribution in [0.15, 0.2) is 64.7 Å². The second kappa shape index (κ2) is 20.7. The molecule has 1 aromatic heterocycles. The third-order valence-corrected chi connectivity index (χ3v) is 7.20. The molecule has 0 spiro atoms. The van der Waals surface area contributed by atoms with Crippen LogP contribution in [-0.4, -0.2) is 45.2 Å². The van der Waals surface area contributed by atoms with Gasteiger partial charge in [-0.2, -0.15) is 0 Å². The first-order valence-electron chi connectivity index (χ1n) is 15.1. The number of alkyl halides is 2. The molecule has 0 aliphatic heterocycles. The van der Waals surface area contributed by atoms with Crippen LogP contribution < -0.4 is 15.9 Å². The Kier molecular flexibility index (Phi) is 18.4. The Bertz CT molecular complexity index is 1520. The monoisotopic (exact) mass is 667 g/mol. The summed E-state index contributed by atoms with van der Waals surface area (Å²) in [6, 6.07) is 4.13. The lowest BCUT2D eigenvalue weighted by Crippen LogP contribution is -2.31. The number of aromatic nitrogens is 1. The van der Waals surface area contributed by atoms with Crippen molar-refractivity contribution in [3.8, 4) is 0 Å². The topological polar surface area (TPSA) is 98.0 Å². The lowest BCUT2D eigenvalue weighted by Gasteiger charge is -2.16. The van der Waals surface area contributed by atoms with Gasteiger partial charge in [0, 0.05) is 41.5 Å². The van der Waals surface area contributed by atoms with Gasteiger partial charge in [0.05, 0.1) is 28.3 Å². The van der Waals surface area contributed by atoms with Crippen LogP contribution in [0.1, 0.15) is 84.5 Å². The maximum absolute atomic E-state index is 15.8. The number of nitrogens with zero attached hydrogens (tertiary/aromatic N) is 2. The van der Waals surface area contributed by atoms with Gasteiger partial charge in [-0.3, -0.25) is 9.98 Å². The number of allylic oxidation sites excluding steroid dienone is 5. The highest BCUT2D eigenvalue weighted by Gasteiger charge is 2.16. The van der Waals surface area contributed by atoms with Crippen molar-refractivity contribution in [2.75, 3.05) is 18.9 Å². The van der Waals surface area contributed by atoms with Gasteiger partial charge in [0.2, 0.25) is 6.93 Å². The fourth-order valence-corrected chi connectivity index (χ4v) is 4.08. The van der Waals surface area contributed by atoms with Crippen molar-refractivity contribution in [2.24, 2.45) is 4.99 Å². The van der Waals surface area contributed by atoms with Crippen LogP contribution in [0.3, 0.4) is 0 Å². The highest BCUT2D eigenvalue weighted by Crippen LogP contribution is 2.22. The number of pyridine rings is 1. The van der Waals surface area contributed by atoms with Crippen LogP contribution in [0.25, 0.3) is 12.2 Å². The Morgan fingerprint density at radius 2 is 1.80 bits per heavy atom. The maximum Gasteiger partial charge on any atom is 0.229 e. The first kappa shape index (κ1) is 40.7. The largest absolute Gasteiger partial charge is 0.393 e. The standard InChI is InChI=1S/C34H44ClF2N3O3.CH2F2/c1-7-9-11-12-25(18-38-23(4)34(5,6)43)22(3)30(37)17-31-27(13-10-8-2)33(28(35)20-39-31)40-19-26-16-24(32(42)21-41)14-15-29(26)36;2-1-3/h11-18,20,32,40-43H,7-10,19,21H2,1-6H3;1H2/b12-11+,25-18+,27-13-,30-22-,31-17+,38-23?;. The van der Waals surface area contributed by atoms with E-state index in [2.05, 4.69) is 22.2 Å². The van der Waals surface area contributed by atoms with Gasteiger partial charge in [-0.1, -0.05) is 62.6 Å². The van der Waals surface area contributed by atoms with Crippen molar-refractivity contribution in [2.45, 2.75) is 85.5 Å². The molecule has 6 nitrogen and oxygen atoms in total. The van der Waals surface area contributed by atoms with E-state index in [0.29, 0.717) is 45.1 Å². The van der Waals surface area contributed by atoms with E-state index in [9.17, 15) is 28.5 Å². The molecule has 0 aliphatic carbocycles. The molecule has 0 saturated heterocycles. The minimum atomic E-state index is -1.75. The van der Waals surface area contributed by atoms with Gasteiger partial charge >= 0.3 is 0 Å². The van der Waals surface area contributed by atoms with Gasteiger partial charge in [-0.05, 0) is 69.4 Å². The van der Waals surface area contributed by atoms with Crippen LogP contribution in [-0.2, 0) is 6.54 Å². The molecule has 0 fully saturated rings. The molecule has 4 N–H and O–H groups in total. The van der Waals surface area contributed by atoms with E-state index in [0.717, 1.165) is 19.3 Å². The lowest BCUT2D eigenvalue weighted by molar-refractivity contribution is 0.0955. The molecule has 11 heteroatoms. The summed E-state index contributed by atoms with van der Waals surface area (Å²) in [5.41, 5.74) is 1.40. The average Bonchev–Trinajstić information content (AvgIpc) is 3.01. The zero-order chi connectivity index (χ0) is 34.9. The normalized spacial score (nSPS) is 14.7. The third kappa shape index (κ3) is 13.2. The molecule has 0 aliphatic rings. The zero-order valence-corrected chi connectivity index (χ0v) is 28.1. The molecule has 0 bridgehead atoms. The Morgan fingerprint density at radius 1 is 1.15 bits per heavy atom. The number of hydrogen-bond acceptors (Lipinski definition) is 6. The zero-order valence-electron chi connectivity index (χ0n) is 27.3. The quantitative estimate of drug-likeness (QED) is 0.0952. The molecule has 1 atom stereocenters. The maximum atomic E-state index is 15.8. The van der Waals surface area contributed by atoms with Crippen molar-refractivity contribution in [1.82, 2.24) is 4.98 Å². The van der Waals surface area contributed by atoms with E-state index in [1.165, 1.54) is 30.5 Å². The smallest absolute Gasteiger partial charge is 0.229 e. The number of halogens is 5. The molecule has 0 radical (unpaired) electrons. The Hall–Kier alpha value is -3.31. The van der Waals surface area contributed by atoms with Gasteiger partial charge in [0.15, 0.2) is 0 Å². The molecular formula is C35H46ClF4N3O3. The Labute approximate surface area is 274 Å². The van der Waals surface area contributed by atoms with E-state index in [1.54, 1.807) is 33.9 Å². The summed E-state index contributed by atoms with van der Waals surface area (Å²) >= 11 is 6.53. The van der Waals surface area contributed by atoms with Crippen molar-refractivity contribution in [3.05, 3.63) is 92.3 Å². The minimum Gasteiger partial charge on any atom is -0.393 e. The van der Waals surface area contributed by atoms with Crippen molar-refractivity contribution < 1.29 is 32.9 Å². The summed E-state index contributed by atoms with van der Waals surface area (Å²) in [7, 11) is 0. The molecular weight excluding hydrogens is 622 g/mol. The van der Waals surface area contributed by atoms with Crippen molar-refractivity contribution in [1.29, 1.82) is 0 Å². The van der Waals surface area contributed by atoms with Crippen LogP contribution in [0.2, 0.25) is 5.02 Å². The van der Waals surface area contributed by atoms with E-state index in [1.807, 2.05) is 25.2 Å². The summed E-state index contributed by atoms with van der Waals surface area (Å²) in [6.45, 7) is 8.50. The van der Waals surface area contributed by atoms with E-state index in [4.69, 9.17) is 11.6 Å². The number of rotatable bonds is 14. The number of unbranched alkanes of at least 4 members (excludes halogenated alkanes) is 2. The van der Waals surface area contributed by atoms with Crippen molar-refractivity contribution >= 4 is 35.2 Å². The predicted octanol–water partition coefficient (Wildman–Crippen LogP) is 7.47. The lowest BCUT2D eigenvalue weighted by atomic mass is 10.0. The first-order chi connectivity index (χ1) is 21.7. The Morgan fingerprint density at radius 3 is 2.39 bits per heavy atom. The molecule has 46 heavy (non-hydrogen) atoms. The molecule has 0 amide bonds. The minimum absolute atomic E-state index is 0.0268. The fraction of sp³-hybridized carbons (Fsp3) is 0.429. The van der Waals surface area contributed by atoms with Gasteiger partial charge in [0.1, 0.15) is 17.7 Å². The van der Waals surface area contributed by atoms with Crippen LogP contribution in [0, 0.1) is 5.82 Å². The van der Waals surface area contributed by atoms with Gasteiger partial charge < -0.3 is 20.6 Å². The summed E-state index contributed by atoms with van der Waals surface area (Å²) < 4.78 is 49.7.